The number of alkyl halides is 3. The van der Waals surface area contributed by atoms with Crippen molar-refractivity contribution in [1.29, 1.82) is 0 Å². The number of likely N-dealkylation sites (tertiary alicyclic amines) is 2. The Balaban J connectivity index is 1.56. The van der Waals surface area contributed by atoms with Crippen LogP contribution in [0.3, 0.4) is 0 Å². The average Bonchev–Trinajstić information content (AvgIpc) is 2.91. The maximum atomic E-state index is 13.5. The normalized spacial score (nSPS) is 20.6. The summed E-state index contributed by atoms with van der Waals surface area (Å²) >= 11 is 9.21. The number of piperidine rings is 2. The van der Waals surface area contributed by atoms with Gasteiger partial charge in [0.05, 0.1) is 5.56 Å². The topological polar surface area (TPSA) is 60.9 Å². The minimum atomic E-state index is -4.59. The van der Waals surface area contributed by atoms with Crippen LogP contribution in [0.4, 0.5) is 13.2 Å². The number of halogens is 5. The van der Waals surface area contributed by atoms with Crippen LogP contribution in [0, 0.1) is 5.92 Å². The first-order valence-corrected chi connectivity index (χ1v) is 14.0. The molecule has 0 aliphatic carbocycles. The minimum Gasteiger partial charge on any atom is -0.343 e. The molecule has 0 spiro atoms. The summed E-state index contributed by atoms with van der Waals surface area (Å²) in [7, 11) is 1.60. The third-order valence-electron chi connectivity index (χ3n) is 7.77. The number of amides is 3. The molecular formula is C28H30BrClF3N3O3. The molecule has 2 aromatic rings. The molecule has 2 heterocycles. The molecule has 2 unspecified atom stereocenters. The van der Waals surface area contributed by atoms with Crippen LogP contribution in [0.15, 0.2) is 46.9 Å². The second-order valence-electron chi connectivity index (χ2n) is 10.2. The van der Waals surface area contributed by atoms with Gasteiger partial charge < -0.3 is 14.7 Å². The van der Waals surface area contributed by atoms with E-state index in [9.17, 15) is 27.6 Å². The number of rotatable bonds is 4. The summed E-state index contributed by atoms with van der Waals surface area (Å²) in [6, 6.07) is 10.1. The third kappa shape index (κ3) is 6.77. The highest BCUT2D eigenvalue weighted by molar-refractivity contribution is 9.10. The van der Waals surface area contributed by atoms with Gasteiger partial charge in [0, 0.05) is 73.1 Å². The van der Waals surface area contributed by atoms with Crippen molar-refractivity contribution in [3.05, 3.63) is 68.7 Å². The molecule has 4 rings (SSSR count). The Morgan fingerprint density at radius 1 is 0.974 bits per heavy atom. The highest BCUT2D eigenvalue weighted by Crippen LogP contribution is 2.35. The lowest BCUT2D eigenvalue weighted by atomic mass is 9.83. The fourth-order valence-electron chi connectivity index (χ4n) is 5.57. The first kappa shape index (κ1) is 29.4. The van der Waals surface area contributed by atoms with Crippen LogP contribution in [0.2, 0.25) is 5.02 Å². The van der Waals surface area contributed by atoms with Gasteiger partial charge in [-0.1, -0.05) is 39.7 Å². The lowest BCUT2D eigenvalue weighted by molar-refractivity contribution is -0.141. The van der Waals surface area contributed by atoms with Crippen molar-refractivity contribution in [3.8, 4) is 0 Å². The maximum Gasteiger partial charge on any atom is 0.416 e. The van der Waals surface area contributed by atoms with E-state index in [-0.39, 0.29) is 39.7 Å². The van der Waals surface area contributed by atoms with Crippen molar-refractivity contribution in [2.45, 2.75) is 44.3 Å². The molecular weight excluding hydrogens is 599 g/mol. The van der Waals surface area contributed by atoms with Crippen LogP contribution < -0.4 is 0 Å². The van der Waals surface area contributed by atoms with E-state index in [0.29, 0.717) is 50.5 Å². The number of hydrogen-bond donors (Lipinski definition) is 0. The zero-order valence-electron chi connectivity index (χ0n) is 21.7. The second kappa shape index (κ2) is 11.9. The van der Waals surface area contributed by atoms with Crippen molar-refractivity contribution in [3.63, 3.8) is 0 Å². The van der Waals surface area contributed by atoms with Crippen molar-refractivity contribution in [2.24, 2.45) is 5.92 Å². The van der Waals surface area contributed by atoms with Gasteiger partial charge in [-0.05, 0) is 55.2 Å². The summed E-state index contributed by atoms with van der Waals surface area (Å²) in [5, 5.41) is 0.550. The van der Waals surface area contributed by atoms with E-state index >= 15 is 0 Å². The van der Waals surface area contributed by atoms with Gasteiger partial charge in [-0.25, -0.2) is 0 Å². The molecule has 0 saturated carbocycles. The van der Waals surface area contributed by atoms with Crippen molar-refractivity contribution < 1.29 is 27.6 Å². The van der Waals surface area contributed by atoms with Crippen LogP contribution in [0.25, 0.3) is 0 Å². The summed E-state index contributed by atoms with van der Waals surface area (Å²) in [6.07, 6.45) is -2.91. The molecule has 2 fully saturated rings. The number of nitrogens with zero attached hydrogens (tertiary/aromatic N) is 3. The highest BCUT2D eigenvalue weighted by Gasteiger charge is 2.39. The quantitative estimate of drug-likeness (QED) is 0.428. The Morgan fingerprint density at radius 2 is 1.59 bits per heavy atom. The third-order valence-corrected chi connectivity index (χ3v) is 8.48. The van der Waals surface area contributed by atoms with Crippen LogP contribution in [-0.2, 0) is 15.8 Å². The molecule has 2 saturated heterocycles. The zero-order valence-corrected chi connectivity index (χ0v) is 24.0. The van der Waals surface area contributed by atoms with Gasteiger partial charge >= 0.3 is 6.18 Å². The highest BCUT2D eigenvalue weighted by atomic mass is 79.9. The molecule has 39 heavy (non-hydrogen) atoms. The zero-order chi connectivity index (χ0) is 28.5. The largest absolute Gasteiger partial charge is 0.416 e. The molecule has 0 aromatic heterocycles. The van der Waals surface area contributed by atoms with Crippen molar-refractivity contribution in [1.82, 2.24) is 14.7 Å². The summed E-state index contributed by atoms with van der Waals surface area (Å²) in [5.74, 6) is -0.927. The minimum absolute atomic E-state index is 0.00465. The van der Waals surface area contributed by atoms with Gasteiger partial charge in [-0.2, -0.15) is 13.2 Å². The van der Waals surface area contributed by atoms with E-state index in [1.54, 1.807) is 24.1 Å². The van der Waals surface area contributed by atoms with E-state index in [1.807, 2.05) is 17.0 Å². The van der Waals surface area contributed by atoms with Crippen LogP contribution in [-0.4, -0.2) is 71.7 Å². The van der Waals surface area contributed by atoms with Gasteiger partial charge in [-0.15, -0.1) is 0 Å². The molecule has 6 nitrogen and oxygen atoms in total. The lowest BCUT2D eigenvalue weighted by Crippen LogP contribution is -2.53. The molecule has 2 aliphatic heterocycles. The van der Waals surface area contributed by atoms with Crippen LogP contribution in [0.5, 0.6) is 0 Å². The first-order chi connectivity index (χ1) is 18.3. The van der Waals surface area contributed by atoms with Gasteiger partial charge in [0.1, 0.15) is 0 Å². The van der Waals surface area contributed by atoms with E-state index in [4.69, 9.17) is 11.6 Å². The Hall–Kier alpha value is -2.59. The Bertz CT molecular complexity index is 1230. The predicted molar refractivity (Wildman–Crippen MR) is 145 cm³/mol. The fourth-order valence-corrected chi connectivity index (χ4v) is 6.19. The van der Waals surface area contributed by atoms with E-state index < -0.39 is 17.6 Å². The molecule has 210 valence electrons. The number of benzene rings is 2. The van der Waals surface area contributed by atoms with Gasteiger partial charge in [-0.3, -0.25) is 14.4 Å². The summed E-state index contributed by atoms with van der Waals surface area (Å²) in [6.45, 7) is 3.41. The van der Waals surface area contributed by atoms with Gasteiger partial charge in [0.15, 0.2) is 0 Å². The van der Waals surface area contributed by atoms with Crippen molar-refractivity contribution >= 4 is 45.3 Å². The second-order valence-corrected chi connectivity index (χ2v) is 11.6. The van der Waals surface area contributed by atoms with Crippen LogP contribution >= 0.6 is 27.5 Å². The van der Waals surface area contributed by atoms with Crippen LogP contribution in [0.1, 0.15) is 53.6 Å². The molecule has 2 atom stereocenters. The Kier molecular flexibility index (Phi) is 8.95. The molecule has 3 amide bonds. The number of likely N-dealkylation sites (N-methyl/N-ethyl adjacent to an activating group) is 1. The van der Waals surface area contributed by atoms with E-state index in [1.165, 1.54) is 17.9 Å². The Morgan fingerprint density at radius 3 is 2.18 bits per heavy atom. The predicted octanol–water partition coefficient (Wildman–Crippen LogP) is 5.84. The molecule has 0 N–H and O–H groups in total. The Labute approximate surface area is 239 Å². The SMILES string of the molecule is CC(=O)N1CCC(C(=O)N2CCC(N(C)C(=O)c3cc(Br)cc(C(F)(F)F)c3)C(c3ccc(Cl)cc3)C2)CC1. The molecule has 0 radical (unpaired) electrons. The number of hydrogen-bond acceptors (Lipinski definition) is 3. The molecule has 2 aliphatic rings. The fraction of sp³-hybridized carbons (Fsp3) is 0.464. The molecule has 11 heteroatoms. The van der Waals surface area contributed by atoms with E-state index in [0.717, 1.165) is 17.7 Å². The first-order valence-electron chi connectivity index (χ1n) is 12.8. The smallest absolute Gasteiger partial charge is 0.343 e. The monoisotopic (exact) mass is 627 g/mol. The standard InChI is InChI=1S/C28H30BrClF3N3O3/c1-17(37)35-10-7-19(8-11-35)27(39)36-12-9-25(24(16-36)18-3-5-23(30)6-4-18)34(2)26(38)20-13-21(28(31,32)33)15-22(29)14-20/h3-6,13-15,19,24-25H,7-12,16H2,1-2H3. The average molecular weight is 629 g/mol. The summed E-state index contributed by atoms with van der Waals surface area (Å²) in [5.41, 5.74) is -0.0814. The maximum absolute atomic E-state index is 13.5. The molecule has 0 bridgehead atoms. The van der Waals surface area contributed by atoms with Gasteiger partial charge in [0.25, 0.3) is 5.91 Å². The van der Waals surface area contributed by atoms with E-state index in [2.05, 4.69) is 15.9 Å². The lowest BCUT2D eigenvalue weighted by Gasteiger charge is -2.44. The summed E-state index contributed by atoms with van der Waals surface area (Å²) < 4.78 is 40.4. The summed E-state index contributed by atoms with van der Waals surface area (Å²) in [4.78, 5) is 43.7. The van der Waals surface area contributed by atoms with Gasteiger partial charge in [0.2, 0.25) is 11.8 Å². The number of carbonyl (C=O) groups excluding carboxylic acids is 3. The number of carbonyl (C=O) groups is 3. The van der Waals surface area contributed by atoms with Crippen molar-refractivity contribution in [2.75, 3.05) is 33.2 Å². The molecule has 2 aromatic carbocycles.